The van der Waals surface area contributed by atoms with Gasteiger partial charge in [0.2, 0.25) is 5.91 Å². The number of halogens is 1. The molecule has 110 valence electrons. The van der Waals surface area contributed by atoms with Gasteiger partial charge in [0, 0.05) is 29.0 Å². The summed E-state index contributed by atoms with van der Waals surface area (Å²) < 4.78 is 0. The average Bonchev–Trinajstić information content (AvgIpc) is 3.21. The van der Waals surface area contributed by atoms with Crippen molar-refractivity contribution in [2.45, 2.75) is 31.7 Å². The fraction of sp³-hybridized carbons (Fsp3) is 0.353. The number of hydrogen-bond acceptors (Lipinski definition) is 2. The molecule has 1 aromatic rings. The van der Waals surface area contributed by atoms with Crippen LogP contribution in [0.25, 0.3) is 0 Å². The molecule has 0 bridgehead atoms. The van der Waals surface area contributed by atoms with Crippen molar-refractivity contribution in [2.75, 3.05) is 6.54 Å². The van der Waals surface area contributed by atoms with Gasteiger partial charge in [-0.1, -0.05) is 29.8 Å². The Kier molecular flexibility index (Phi) is 3.77. The van der Waals surface area contributed by atoms with Gasteiger partial charge in [0.25, 0.3) is 0 Å². The Morgan fingerprint density at radius 1 is 1.38 bits per heavy atom. The van der Waals surface area contributed by atoms with E-state index >= 15 is 0 Å². The topological polar surface area (TPSA) is 32.3 Å². The van der Waals surface area contributed by atoms with Crippen LogP contribution in [0.15, 0.2) is 48.3 Å². The van der Waals surface area contributed by atoms with E-state index in [1.165, 1.54) is 12.8 Å². The lowest BCUT2D eigenvalue weighted by Gasteiger charge is -2.29. The fourth-order valence-corrected chi connectivity index (χ4v) is 2.68. The molecule has 3 rings (SSSR count). The van der Waals surface area contributed by atoms with E-state index in [0.717, 1.165) is 17.8 Å². The minimum Gasteiger partial charge on any atom is -0.368 e. The molecule has 1 fully saturated rings. The number of benzene rings is 1. The van der Waals surface area contributed by atoms with Gasteiger partial charge in [-0.15, -0.1) is 0 Å². The van der Waals surface area contributed by atoms with Crippen LogP contribution in [0.2, 0.25) is 5.02 Å². The van der Waals surface area contributed by atoms with Crippen molar-refractivity contribution in [1.29, 1.82) is 0 Å². The highest BCUT2D eigenvalue weighted by molar-refractivity contribution is 6.31. The lowest BCUT2D eigenvalue weighted by Crippen LogP contribution is -2.34. The van der Waals surface area contributed by atoms with E-state index in [1.807, 2.05) is 24.3 Å². The van der Waals surface area contributed by atoms with Gasteiger partial charge in [0.15, 0.2) is 0 Å². The first-order valence-corrected chi connectivity index (χ1v) is 7.63. The van der Waals surface area contributed by atoms with Crippen LogP contribution in [0.1, 0.15) is 25.3 Å². The molecular weight excluding hydrogens is 284 g/mol. The number of hydrogen-bond donors (Lipinski definition) is 1. The normalized spacial score (nSPS) is 19.1. The molecule has 2 aliphatic rings. The second-order valence-corrected chi connectivity index (χ2v) is 6.35. The van der Waals surface area contributed by atoms with E-state index < -0.39 is 0 Å². The van der Waals surface area contributed by atoms with E-state index in [2.05, 4.69) is 29.4 Å². The fourth-order valence-electron chi connectivity index (χ4n) is 2.48. The van der Waals surface area contributed by atoms with Crippen LogP contribution in [0, 0.1) is 0 Å². The summed E-state index contributed by atoms with van der Waals surface area (Å²) in [7, 11) is 0. The molecular formula is C17H19ClN2O. The van der Waals surface area contributed by atoms with Crippen LogP contribution >= 0.6 is 11.6 Å². The molecule has 21 heavy (non-hydrogen) atoms. The summed E-state index contributed by atoms with van der Waals surface area (Å²) in [6, 6.07) is 7.44. The number of rotatable bonds is 4. The van der Waals surface area contributed by atoms with E-state index in [9.17, 15) is 4.79 Å². The molecule has 1 amide bonds. The Hall–Kier alpha value is -1.74. The lowest BCUT2D eigenvalue weighted by atomic mass is 10.1. The maximum absolute atomic E-state index is 12.1. The zero-order valence-electron chi connectivity index (χ0n) is 12.1. The second kappa shape index (κ2) is 5.57. The van der Waals surface area contributed by atoms with Crippen LogP contribution in [-0.4, -0.2) is 22.9 Å². The van der Waals surface area contributed by atoms with Crippen molar-refractivity contribution in [1.82, 2.24) is 10.2 Å². The molecule has 3 nitrogen and oxygen atoms in total. The maximum atomic E-state index is 12.1. The number of nitrogens with zero attached hydrogens (tertiary/aromatic N) is 1. The Balaban J connectivity index is 1.55. The SMILES string of the molecule is CC1(N2C=CC(NC(=O)Cc3ccccc3Cl)=CC2)CC1. The molecule has 1 aliphatic carbocycles. The van der Waals surface area contributed by atoms with Crippen molar-refractivity contribution in [2.24, 2.45) is 0 Å². The summed E-state index contributed by atoms with van der Waals surface area (Å²) in [5.41, 5.74) is 2.05. The molecule has 1 heterocycles. The summed E-state index contributed by atoms with van der Waals surface area (Å²) in [5, 5.41) is 3.57. The number of nitrogens with one attached hydrogen (secondary N) is 1. The number of carbonyl (C=O) groups is 1. The molecule has 1 aliphatic heterocycles. The summed E-state index contributed by atoms with van der Waals surface area (Å²) in [5.74, 6) is -0.0370. The highest BCUT2D eigenvalue weighted by Crippen LogP contribution is 2.41. The molecule has 0 spiro atoms. The third-order valence-corrected chi connectivity index (χ3v) is 4.57. The van der Waals surface area contributed by atoms with Gasteiger partial charge in [-0.2, -0.15) is 0 Å². The average molecular weight is 303 g/mol. The van der Waals surface area contributed by atoms with Crippen LogP contribution in [-0.2, 0) is 11.2 Å². The van der Waals surface area contributed by atoms with Crippen molar-refractivity contribution < 1.29 is 4.79 Å². The Bertz CT molecular complexity index is 617. The monoisotopic (exact) mass is 302 g/mol. The van der Waals surface area contributed by atoms with Gasteiger partial charge in [0.1, 0.15) is 0 Å². The minimum atomic E-state index is -0.0370. The molecule has 1 N–H and O–H groups in total. The first-order chi connectivity index (χ1) is 10.1. The van der Waals surface area contributed by atoms with Crippen LogP contribution in [0.4, 0.5) is 0 Å². The van der Waals surface area contributed by atoms with Gasteiger partial charge in [-0.25, -0.2) is 0 Å². The first-order valence-electron chi connectivity index (χ1n) is 7.25. The third kappa shape index (κ3) is 3.30. The second-order valence-electron chi connectivity index (χ2n) is 5.94. The predicted octanol–water partition coefficient (Wildman–Crippen LogP) is 3.26. The molecule has 1 saturated carbocycles. The summed E-state index contributed by atoms with van der Waals surface area (Å²) in [4.78, 5) is 14.4. The maximum Gasteiger partial charge on any atom is 0.228 e. The van der Waals surface area contributed by atoms with Crippen molar-refractivity contribution in [3.8, 4) is 0 Å². The van der Waals surface area contributed by atoms with Gasteiger partial charge < -0.3 is 10.2 Å². The third-order valence-electron chi connectivity index (χ3n) is 4.20. The Morgan fingerprint density at radius 3 is 2.76 bits per heavy atom. The zero-order valence-corrected chi connectivity index (χ0v) is 12.9. The van der Waals surface area contributed by atoms with Crippen LogP contribution in [0.3, 0.4) is 0 Å². The summed E-state index contributed by atoms with van der Waals surface area (Å²) >= 11 is 6.07. The van der Waals surface area contributed by atoms with Gasteiger partial charge in [0.05, 0.1) is 6.42 Å². The Labute approximate surface area is 130 Å². The minimum absolute atomic E-state index is 0.0370. The van der Waals surface area contributed by atoms with Crippen molar-refractivity contribution in [3.63, 3.8) is 0 Å². The molecule has 0 aromatic heterocycles. The summed E-state index contributed by atoms with van der Waals surface area (Å²) in [6.07, 6.45) is 8.91. The van der Waals surface area contributed by atoms with E-state index in [0.29, 0.717) is 17.0 Å². The number of allylic oxidation sites excluding steroid dienone is 1. The smallest absolute Gasteiger partial charge is 0.228 e. The summed E-state index contributed by atoms with van der Waals surface area (Å²) in [6.45, 7) is 3.13. The number of amides is 1. The molecule has 4 heteroatoms. The molecule has 0 atom stereocenters. The Morgan fingerprint density at radius 2 is 2.14 bits per heavy atom. The molecule has 1 aromatic carbocycles. The van der Waals surface area contributed by atoms with Gasteiger partial charge in [-0.3, -0.25) is 4.79 Å². The van der Waals surface area contributed by atoms with E-state index in [4.69, 9.17) is 11.6 Å². The molecule has 0 radical (unpaired) electrons. The first kappa shape index (κ1) is 14.2. The van der Waals surface area contributed by atoms with Gasteiger partial charge >= 0.3 is 0 Å². The molecule has 0 unspecified atom stereocenters. The highest BCUT2D eigenvalue weighted by atomic mass is 35.5. The predicted molar refractivity (Wildman–Crippen MR) is 84.9 cm³/mol. The lowest BCUT2D eigenvalue weighted by molar-refractivity contribution is -0.119. The van der Waals surface area contributed by atoms with Crippen molar-refractivity contribution >= 4 is 17.5 Å². The largest absolute Gasteiger partial charge is 0.368 e. The zero-order chi connectivity index (χ0) is 14.9. The standard InChI is InChI=1S/C17H19ClN2O/c1-17(8-9-17)20-10-6-14(7-11-20)19-16(21)12-13-4-2-3-5-15(13)18/h2-7,10H,8-9,11-12H2,1H3,(H,19,21). The van der Waals surface area contributed by atoms with Crippen LogP contribution in [0.5, 0.6) is 0 Å². The van der Waals surface area contributed by atoms with Crippen molar-refractivity contribution in [3.05, 3.63) is 58.9 Å². The van der Waals surface area contributed by atoms with E-state index in [1.54, 1.807) is 6.07 Å². The molecule has 0 saturated heterocycles. The number of carbonyl (C=O) groups excluding carboxylic acids is 1. The van der Waals surface area contributed by atoms with Crippen LogP contribution < -0.4 is 5.32 Å². The van der Waals surface area contributed by atoms with E-state index in [-0.39, 0.29) is 5.91 Å². The quantitative estimate of drug-likeness (QED) is 0.926. The van der Waals surface area contributed by atoms with Gasteiger partial charge in [-0.05, 0) is 43.5 Å². The highest BCUT2D eigenvalue weighted by Gasteiger charge is 2.41.